The van der Waals surface area contributed by atoms with Crippen LogP contribution in [0.4, 0.5) is 0 Å². The van der Waals surface area contributed by atoms with Crippen molar-refractivity contribution in [1.29, 1.82) is 0 Å². The summed E-state index contributed by atoms with van der Waals surface area (Å²) < 4.78 is 8.32. The van der Waals surface area contributed by atoms with Gasteiger partial charge in [0.05, 0.1) is 24.1 Å². The van der Waals surface area contributed by atoms with Gasteiger partial charge in [0.2, 0.25) is 5.91 Å². The first kappa shape index (κ1) is 29.1. The van der Waals surface area contributed by atoms with Crippen molar-refractivity contribution in [2.24, 2.45) is 0 Å². The van der Waals surface area contributed by atoms with Gasteiger partial charge in [-0.15, -0.1) is 0 Å². The molecule has 0 unspecified atom stereocenters. The number of fused-ring (bicyclic) bond motifs is 1. The average molecular weight is 560 g/mol. The Bertz CT molecular complexity index is 1560. The Labute approximate surface area is 249 Å². The molecule has 1 heterocycles. The molecule has 1 aromatic heterocycles. The molecule has 5 aromatic rings. The van der Waals surface area contributed by atoms with E-state index in [-0.39, 0.29) is 5.91 Å². The quantitative estimate of drug-likeness (QED) is 0.132. The van der Waals surface area contributed by atoms with Crippen molar-refractivity contribution in [2.75, 3.05) is 13.2 Å². The molecule has 42 heavy (non-hydrogen) atoms. The van der Waals surface area contributed by atoms with Gasteiger partial charge < -0.3 is 14.6 Å². The smallest absolute Gasteiger partial charge is 0.224 e. The summed E-state index contributed by atoms with van der Waals surface area (Å²) in [6.45, 7) is 4.45. The number of carbonyl (C=O) groups excluding carboxylic acids is 1. The second kappa shape index (κ2) is 15.0. The van der Waals surface area contributed by atoms with Crippen LogP contribution in [-0.2, 0) is 24.2 Å². The highest BCUT2D eigenvalue weighted by atomic mass is 16.5. The van der Waals surface area contributed by atoms with Crippen molar-refractivity contribution in [3.05, 3.63) is 120 Å². The number of unbranched alkanes of at least 4 members (excludes halogenated alkanes) is 3. The van der Waals surface area contributed by atoms with E-state index in [2.05, 4.69) is 77.5 Å². The molecule has 5 rings (SSSR count). The van der Waals surface area contributed by atoms with E-state index in [9.17, 15) is 4.79 Å². The van der Waals surface area contributed by atoms with Gasteiger partial charge in [-0.25, -0.2) is 4.98 Å². The maximum Gasteiger partial charge on any atom is 0.224 e. The molecule has 0 bridgehead atoms. The molecule has 0 aliphatic carbocycles. The van der Waals surface area contributed by atoms with Gasteiger partial charge in [0, 0.05) is 19.5 Å². The first-order valence-electron chi connectivity index (χ1n) is 15.2. The predicted molar refractivity (Wildman–Crippen MR) is 172 cm³/mol. The first-order chi connectivity index (χ1) is 20.7. The Morgan fingerprint density at radius 2 is 1.57 bits per heavy atom. The predicted octanol–water partition coefficient (Wildman–Crippen LogP) is 7.94. The maximum atomic E-state index is 12.5. The molecule has 0 aliphatic heterocycles. The summed E-state index contributed by atoms with van der Waals surface area (Å²) in [4.78, 5) is 17.4. The fourth-order valence-electron chi connectivity index (χ4n) is 5.34. The van der Waals surface area contributed by atoms with Crippen molar-refractivity contribution in [1.82, 2.24) is 14.9 Å². The van der Waals surface area contributed by atoms with E-state index in [1.165, 1.54) is 22.2 Å². The number of aromatic nitrogens is 2. The molecule has 0 spiro atoms. The number of nitrogens with zero attached hydrogens (tertiary/aromatic N) is 2. The number of aryl methyl sites for hydroxylation is 3. The molecule has 1 amide bonds. The molecule has 216 valence electrons. The van der Waals surface area contributed by atoms with E-state index in [4.69, 9.17) is 9.72 Å². The lowest BCUT2D eigenvalue weighted by atomic mass is 10.0. The average Bonchev–Trinajstić information content (AvgIpc) is 3.37. The molecule has 5 heteroatoms. The lowest BCUT2D eigenvalue weighted by molar-refractivity contribution is -0.120. The monoisotopic (exact) mass is 559 g/mol. The van der Waals surface area contributed by atoms with Gasteiger partial charge in [-0.2, -0.15) is 0 Å². The van der Waals surface area contributed by atoms with Crippen LogP contribution in [0.15, 0.2) is 103 Å². The van der Waals surface area contributed by atoms with Crippen molar-refractivity contribution < 1.29 is 9.53 Å². The van der Waals surface area contributed by atoms with E-state index in [1.807, 2.05) is 42.5 Å². The van der Waals surface area contributed by atoms with Crippen LogP contribution in [0.1, 0.15) is 49.1 Å². The lowest BCUT2D eigenvalue weighted by Crippen LogP contribution is -2.26. The zero-order chi connectivity index (χ0) is 29.0. The van der Waals surface area contributed by atoms with Gasteiger partial charge in [0.1, 0.15) is 11.6 Å². The van der Waals surface area contributed by atoms with Gasteiger partial charge in [0.15, 0.2) is 0 Å². The van der Waals surface area contributed by atoms with E-state index in [0.717, 1.165) is 74.3 Å². The van der Waals surface area contributed by atoms with Crippen LogP contribution >= 0.6 is 0 Å². The SMILES string of the molecule is Cc1cccc(OCCCCn2c(CCCCCNC(=O)Cc3ccc(-c4ccccc4)cc3)nc3ccccc32)c1. The Hall–Kier alpha value is -4.38. The van der Waals surface area contributed by atoms with Crippen LogP contribution in [-0.4, -0.2) is 28.6 Å². The molecular formula is C37H41N3O2. The van der Waals surface area contributed by atoms with Crippen molar-refractivity contribution in [3.8, 4) is 16.9 Å². The van der Waals surface area contributed by atoms with Crippen molar-refractivity contribution in [2.45, 2.75) is 58.4 Å². The molecule has 0 atom stereocenters. The summed E-state index contributed by atoms with van der Waals surface area (Å²) in [5.74, 6) is 2.17. The van der Waals surface area contributed by atoms with Crippen LogP contribution in [0, 0.1) is 6.92 Å². The van der Waals surface area contributed by atoms with Gasteiger partial charge >= 0.3 is 0 Å². The van der Waals surface area contributed by atoms with Crippen LogP contribution in [0.25, 0.3) is 22.2 Å². The number of nitrogens with one attached hydrogen (secondary N) is 1. The minimum Gasteiger partial charge on any atom is -0.494 e. The number of para-hydroxylation sites is 2. The Morgan fingerprint density at radius 1 is 0.786 bits per heavy atom. The molecule has 5 nitrogen and oxygen atoms in total. The highest BCUT2D eigenvalue weighted by Crippen LogP contribution is 2.21. The number of imidazole rings is 1. The van der Waals surface area contributed by atoms with Gasteiger partial charge in [-0.1, -0.05) is 85.3 Å². The number of carbonyl (C=O) groups is 1. The molecule has 0 fully saturated rings. The van der Waals surface area contributed by atoms with E-state index in [0.29, 0.717) is 13.0 Å². The molecule has 4 aromatic carbocycles. The molecule has 0 radical (unpaired) electrons. The van der Waals surface area contributed by atoms with Crippen LogP contribution in [0.2, 0.25) is 0 Å². The van der Waals surface area contributed by atoms with Gasteiger partial charge in [0.25, 0.3) is 0 Å². The molecule has 1 N–H and O–H groups in total. The zero-order valence-electron chi connectivity index (χ0n) is 24.6. The van der Waals surface area contributed by atoms with Gasteiger partial charge in [-0.3, -0.25) is 4.79 Å². The minimum atomic E-state index is 0.0793. The van der Waals surface area contributed by atoms with E-state index >= 15 is 0 Å². The standard InChI is InChI=1S/C37H41N3O2/c1-29-13-12-16-33(27-29)42-26-11-10-25-40-35-18-8-7-17-34(35)39-36(40)19-6-3-9-24-38-37(41)28-30-20-22-32(23-21-30)31-14-4-2-5-15-31/h2,4-5,7-8,12-18,20-23,27H,3,6,9-11,19,24-26,28H2,1H3,(H,38,41). The normalized spacial score (nSPS) is 11.1. The fraction of sp³-hybridized carbons (Fsp3) is 0.297. The van der Waals surface area contributed by atoms with E-state index in [1.54, 1.807) is 0 Å². The molecular weight excluding hydrogens is 518 g/mol. The third kappa shape index (κ3) is 8.32. The summed E-state index contributed by atoms with van der Waals surface area (Å²) in [7, 11) is 0. The highest BCUT2D eigenvalue weighted by molar-refractivity contribution is 5.79. The molecule has 0 aliphatic rings. The van der Waals surface area contributed by atoms with Crippen molar-refractivity contribution in [3.63, 3.8) is 0 Å². The minimum absolute atomic E-state index is 0.0793. The number of benzene rings is 4. The summed E-state index contributed by atoms with van der Waals surface area (Å²) in [5.41, 5.74) is 6.87. The summed E-state index contributed by atoms with van der Waals surface area (Å²) in [5, 5.41) is 3.09. The zero-order valence-corrected chi connectivity index (χ0v) is 24.6. The topological polar surface area (TPSA) is 56.1 Å². The largest absolute Gasteiger partial charge is 0.494 e. The Morgan fingerprint density at radius 3 is 2.40 bits per heavy atom. The number of rotatable bonds is 15. The molecule has 0 saturated carbocycles. The fourth-order valence-corrected chi connectivity index (χ4v) is 5.34. The first-order valence-corrected chi connectivity index (χ1v) is 15.2. The summed E-state index contributed by atoms with van der Waals surface area (Å²) in [6, 6.07) is 35.2. The third-order valence-corrected chi connectivity index (χ3v) is 7.59. The number of ether oxygens (including phenoxy) is 1. The van der Waals surface area contributed by atoms with E-state index < -0.39 is 0 Å². The second-order valence-electron chi connectivity index (χ2n) is 10.9. The summed E-state index contributed by atoms with van der Waals surface area (Å²) in [6.07, 6.45) is 6.47. The third-order valence-electron chi connectivity index (χ3n) is 7.59. The Balaban J connectivity index is 1.02. The molecule has 0 saturated heterocycles. The Kier molecular flexibility index (Phi) is 10.4. The maximum absolute atomic E-state index is 12.5. The number of amides is 1. The van der Waals surface area contributed by atoms with Crippen LogP contribution in [0.5, 0.6) is 5.75 Å². The second-order valence-corrected chi connectivity index (χ2v) is 10.9. The lowest BCUT2D eigenvalue weighted by Gasteiger charge is -2.11. The van der Waals surface area contributed by atoms with Crippen LogP contribution in [0.3, 0.4) is 0 Å². The number of hydrogen-bond donors (Lipinski definition) is 1. The summed E-state index contributed by atoms with van der Waals surface area (Å²) >= 11 is 0. The number of hydrogen-bond acceptors (Lipinski definition) is 3. The van der Waals surface area contributed by atoms with Crippen molar-refractivity contribution >= 4 is 16.9 Å². The van der Waals surface area contributed by atoms with Crippen LogP contribution < -0.4 is 10.1 Å². The highest BCUT2D eigenvalue weighted by Gasteiger charge is 2.10. The van der Waals surface area contributed by atoms with Gasteiger partial charge in [-0.05, 0) is 79.1 Å².